The molecule has 2 rings (SSSR count). The van der Waals surface area contributed by atoms with Gasteiger partial charge in [0, 0.05) is 12.7 Å². The third-order valence-electron chi connectivity index (χ3n) is 2.48. The zero-order valence-electron chi connectivity index (χ0n) is 9.86. The molecule has 0 aliphatic rings. The van der Waals surface area contributed by atoms with Gasteiger partial charge in [0.2, 0.25) is 0 Å². The second-order valence-corrected chi connectivity index (χ2v) is 4.87. The lowest BCUT2D eigenvalue weighted by Gasteiger charge is -2.06. The first-order valence-corrected chi connectivity index (χ1v) is 6.59. The average Bonchev–Trinajstić information content (AvgIpc) is 2.77. The van der Waals surface area contributed by atoms with Crippen molar-refractivity contribution in [2.45, 2.75) is 19.9 Å². The van der Waals surface area contributed by atoms with Crippen LogP contribution in [0, 0.1) is 0 Å². The van der Waals surface area contributed by atoms with Crippen molar-refractivity contribution in [1.82, 2.24) is 15.1 Å². The normalized spacial score (nSPS) is 10.7. The SMILES string of the molecule is CCCNCc1cccc(-n2cc(Br)cn2)c1. The summed E-state index contributed by atoms with van der Waals surface area (Å²) in [6.45, 7) is 4.13. The number of halogens is 1. The Bertz CT molecular complexity index is 479. The number of hydrogen-bond donors (Lipinski definition) is 1. The van der Waals surface area contributed by atoms with E-state index in [1.807, 2.05) is 10.9 Å². The molecule has 0 aliphatic heterocycles. The fourth-order valence-corrected chi connectivity index (χ4v) is 1.95. The monoisotopic (exact) mass is 293 g/mol. The molecule has 1 aromatic heterocycles. The van der Waals surface area contributed by atoms with Crippen molar-refractivity contribution in [3.8, 4) is 5.69 Å². The van der Waals surface area contributed by atoms with Gasteiger partial charge in [-0.25, -0.2) is 4.68 Å². The highest BCUT2D eigenvalue weighted by Gasteiger charge is 2.00. The zero-order chi connectivity index (χ0) is 12.1. The molecule has 0 spiro atoms. The Labute approximate surface area is 110 Å². The standard InChI is InChI=1S/C13H16BrN3/c1-2-6-15-8-11-4-3-5-13(7-11)17-10-12(14)9-16-17/h3-5,7,9-10,15H,2,6,8H2,1H3. The van der Waals surface area contributed by atoms with Gasteiger partial charge in [0.15, 0.2) is 0 Å². The Morgan fingerprint density at radius 3 is 3.00 bits per heavy atom. The maximum atomic E-state index is 4.27. The highest BCUT2D eigenvalue weighted by Crippen LogP contribution is 2.13. The summed E-state index contributed by atoms with van der Waals surface area (Å²) in [6.07, 6.45) is 4.91. The molecule has 17 heavy (non-hydrogen) atoms. The molecule has 1 heterocycles. The summed E-state index contributed by atoms with van der Waals surface area (Å²) < 4.78 is 2.86. The van der Waals surface area contributed by atoms with E-state index in [-0.39, 0.29) is 0 Å². The molecule has 4 heteroatoms. The predicted molar refractivity (Wildman–Crippen MR) is 73.3 cm³/mol. The Morgan fingerprint density at radius 1 is 1.41 bits per heavy atom. The summed E-state index contributed by atoms with van der Waals surface area (Å²) in [5.41, 5.74) is 2.37. The van der Waals surface area contributed by atoms with E-state index < -0.39 is 0 Å². The lowest BCUT2D eigenvalue weighted by Crippen LogP contribution is -2.13. The largest absolute Gasteiger partial charge is 0.313 e. The van der Waals surface area contributed by atoms with E-state index in [9.17, 15) is 0 Å². The van der Waals surface area contributed by atoms with Crippen LogP contribution in [0.5, 0.6) is 0 Å². The Morgan fingerprint density at radius 2 is 2.29 bits per heavy atom. The van der Waals surface area contributed by atoms with E-state index >= 15 is 0 Å². The van der Waals surface area contributed by atoms with E-state index in [2.05, 4.69) is 57.5 Å². The molecule has 0 fully saturated rings. The lowest BCUT2D eigenvalue weighted by molar-refractivity contribution is 0.675. The maximum absolute atomic E-state index is 4.27. The summed E-state index contributed by atoms with van der Waals surface area (Å²) in [6, 6.07) is 8.41. The molecule has 90 valence electrons. The molecule has 0 saturated heterocycles. The molecule has 0 aliphatic carbocycles. The number of hydrogen-bond acceptors (Lipinski definition) is 2. The van der Waals surface area contributed by atoms with E-state index in [0.29, 0.717) is 0 Å². The molecule has 0 amide bonds. The van der Waals surface area contributed by atoms with Gasteiger partial charge in [-0.15, -0.1) is 0 Å². The number of aromatic nitrogens is 2. The Hall–Kier alpha value is -1.13. The minimum atomic E-state index is 0.907. The first kappa shape index (κ1) is 12.3. The number of benzene rings is 1. The van der Waals surface area contributed by atoms with Crippen molar-refractivity contribution < 1.29 is 0 Å². The van der Waals surface area contributed by atoms with E-state index in [4.69, 9.17) is 0 Å². The summed E-state index contributed by atoms with van der Waals surface area (Å²) in [4.78, 5) is 0. The quantitative estimate of drug-likeness (QED) is 0.859. The van der Waals surface area contributed by atoms with Crippen LogP contribution in [-0.2, 0) is 6.54 Å². The van der Waals surface area contributed by atoms with Crippen LogP contribution in [-0.4, -0.2) is 16.3 Å². The average molecular weight is 294 g/mol. The molecule has 1 aromatic carbocycles. The van der Waals surface area contributed by atoms with Gasteiger partial charge in [-0.1, -0.05) is 19.1 Å². The predicted octanol–water partition coefficient (Wildman–Crippen LogP) is 3.13. The van der Waals surface area contributed by atoms with Gasteiger partial charge >= 0.3 is 0 Å². The van der Waals surface area contributed by atoms with Crippen LogP contribution in [0.3, 0.4) is 0 Å². The van der Waals surface area contributed by atoms with Crippen LogP contribution in [0.25, 0.3) is 5.69 Å². The molecule has 0 unspecified atom stereocenters. The molecule has 1 N–H and O–H groups in total. The molecule has 0 bridgehead atoms. The van der Waals surface area contributed by atoms with Crippen LogP contribution in [0.15, 0.2) is 41.1 Å². The Kier molecular flexibility index (Phi) is 4.34. The van der Waals surface area contributed by atoms with E-state index in [0.717, 1.165) is 29.7 Å². The highest BCUT2D eigenvalue weighted by atomic mass is 79.9. The van der Waals surface area contributed by atoms with Crippen molar-refractivity contribution in [1.29, 1.82) is 0 Å². The summed E-state index contributed by atoms with van der Waals surface area (Å²) in [7, 11) is 0. The van der Waals surface area contributed by atoms with Crippen molar-refractivity contribution >= 4 is 15.9 Å². The number of nitrogens with zero attached hydrogens (tertiary/aromatic N) is 2. The van der Waals surface area contributed by atoms with Gasteiger partial charge in [0.1, 0.15) is 0 Å². The van der Waals surface area contributed by atoms with Gasteiger partial charge in [0.05, 0.1) is 16.4 Å². The molecule has 0 atom stereocenters. The smallest absolute Gasteiger partial charge is 0.0649 e. The van der Waals surface area contributed by atoms with Crippen LogP contribution in [0.4, 0.5) is 0 Å². The molecule has 0 radical (unpaired) electrons. The first-order valence-electron chi connectivity index (χ1n) is 5.80. The summed E-state index contributed by atoms with van der Waals surface area (Å²) in [5.74, 6) is 0. The molecule has 3 nitrogen and oxygen atoms in total. The minimum Gasteiger partial charge on any atom is -0.313 e. The lowest BCUT2D eigenvalue weighted by atomic mass is 10.2. The fourth-order valence-electron chi connectivity index (χ4n) is 1.66. The number of rotatable bonds is 5. The van der Waals surface area contributed by atoms with Crippen molar-refractivity contribution in [2.75, 3.05) is 6.54 Å². The molecular formula is C13H16BrN3. The highest BCUT2D eigenvalue weighted by molar-refractivity contribution is 9.10. The van der Waals surface area contributed by atoms with Gasteiger partial charge < -0.3 is 5.32 Å². The van der Waals surface area contributed by atoms with Crippen LogP contribution >= 0.6 is 15.9 Å². The van der Waals surface area contributed by atoms with Crippen LogP contribution in [0.2, 0.25) is 0 Å². The second kappa shape index (κ2) is 5.98. The zero-order valence-corrected chi connectivity index (χ0v) is 11.4. The van der Waals surface area contributed by atoms with Gasteiger partial charge in [-0.05, 0) is 46.6 Å². The molecule has 2 aromatic rings. The van der Waals surface area contributed by atoms with E-state index in [1.54, 1.807) is 6.20 Å². The van der Waals surface area contributed by atoms with Crippen molar-refractivity contribution in [2.24, 2.45) is 0 Å². The van der Waals surface area contributed by atoms with Crippen LogP contribution in [0.1, 0.15) is 18.9 Å². The van der Waals surface area contributed by atoms with Gasteiger partial charge in [-0.2, -0.15) is 5.10 Å². The second-order valence-electron chi connectivity index (χ2n) is 3.95. The fraction of sp³-hybridized carbons (Fsp3) is 0.308. The Balaban J connectivity index is 2.11. The molecular weight excluding hydrogens is 278 g/mol. The third-order valence-corrected chi connectivity index (χ3v) is 2.89. The summed E-state index contributed by atoms with van der Waals surface area (Å²) >= 11 is 3.40. The first-order chi connectivity index (χ1) is 8.29. The van der Waals surface area contributed by atoms with Crippen molar-refractivity contribution in [3.05, 3.63) is 46.7 Å². The van der Waals surface area contributed by atoms with Crippen LogP contribution < -0.4 is 5.32 Å². The number of nitrogens with one attached hydrogen (secondary N) is 1. The maximum Gasteiger partial charge on any atom is 0.0649 e. The topological polar surface area (TPSA) is 29.9 Å². The van der Waals surface area contributed by atoms with E-state index in [1.165, 1.54) is 5.56 Å². The third kappa shape index (κ3) is 3.41. The molecule has 0 saturated carbocycles. The minimum absolute atomic E-state index is 0.907. The van der Waals surface area contributed by atoms with Crippen molar-refractivity contribution in [3.63, 3.8) is 0 Å². The summed E-state index contributed by atoms with van der Waals surface area (Å²) in [5, 5.41) is 7.67. The van der Waals surface area contributed by atoms with Gasteiger partial charge in [-0.3, -0.25) is 0 Å². The van der Waals surface area contributed by atoms with Gasteiger partial charge in [0.25, 0.3) is 0 Å².